The number of hydrogen-bond acceptors (Lipinski definition) is 8. The van der Waals surface area contributed by atoms with E-state index in [1.165, 1.54) is 30.0 Å². The van der Waals surface area contributed by atoms with Crippen LogP contribution in [0.4, 0.5) is 0 Å². The number of hydrogen-bond donors (Lipinski definition) is 0. The quantitative estimate of drug-likeness (QED) is 0.750. The molecule has 1 aromatic heterocycles. The molecule has 10 heteroatoms. The van der Waals surface area contributed by atoms with E-state index in [1.54, 1.807) is 7.05 Å². The number of benzene rings is 1. The lowest BCUT2D eigenvalue weighted by atomic mass is 10.2. The minimum atomic E-state index is -3.42. The number of carbonyl (C=O) groups is 1. The average Bonchev–Trinajstić information content (AvgIpc) is 2.82. The first kappa shape index (κ1) is 15.4. The van der Waals surface area contributed by atoms with E-state index in [-0.39, 0.29) is 10.5 Å². The lowest BCUT2D eigenvalue weighted by molar-refractivity contribution is 0.0596. The molecule has 0 amide bonds. The minimum Gasteiger partial charge on any atom is -0.465 e. The monoisotopic (exact) mass is 328 g/mol. The molecule has 1 aromatic carbocycles. The number of rotatable bonds is 4. The fourth-order valence-electron chi connectivity index (χ4n) is 1.50. The first-order chi connectivity index (χ1) is 9.82. The second-order valence-electron chi connectivity index (χ2n) is 4.11. The third kappa shape index (κ3) is 3.39. The minimum absolute atomic E-state index is 0.0448. The van der Waals surface area contributed by atoms with Crippen molar-refractivity contribution in [3.8, 4) is 0 Å². The second-order valence-corrected chi connectivity index (χ2v) is 7.13. The number of nitrogens with zero attached hydrogens (tertiary/aromatic N) is 4. The summed E-state index contributed by atoms with van der Waals surface area (Å²) in [5.41, 5.74) is 0.147. The molecule has 0 N–H and O–H groups in total. The number of methoxy groups -OCH3 is 1. The van der Waals surface area contributed by atoms with Crippen LogP contribution in [-0.4, -0.2) is 48.0 Å². The highest BCUT2D eigenvalue weighted by atomic mass is 32.2. The summed E-state index contributed by atoms with van der Waals surface area (Å²) < 4.78 is 29.3. The Labute approximate surface area is 125 Å². The summed E-state index contributed by atoms with van der Waals surface area (Å²) in [4.78, 5) is 12.4. The second kappa shape index (κ2) is 5.82. The molecule has 21 heavy (non-hydrogen) atoms. The molecule has 0 aliphatic heterocycles. The van der Waals surface area contributed by atoms with Gasteiger partial charge in [-0.3, -0.25) is 0 Å². The van der Waals surface area contributed by atoms with Gasteiger partial charge in [0.25, 0.3) is 0 Å². The first-order valence-corrected chi connectivity index (χ1v) is 8.36. The Morgan fingerprint density at radius 2 is 2.10 bits per heavy atom. The topological polar surface area (TPSA) is 104 Å². The van der Waals surface area contributed by atoms with E-state index >= 15 is 0 Å². The molecule has 0 saturated carbocycles. The average molecular weight is 328 g/mol. The van der Waals surface area contributed by atoms with E-state index in [4.69, 9.17) is 0 Å². The zero-order chi connectivity index (χ0) is 15.6. The van der Waals surface area contributed by atoms with Crippen LogP contribution in [0.3, 0.4) is 0 Å². The summed E-state index contributed by atoms with van der Waals surface area (Å²) in [6.45, 7) is 0. The van der Waals surface area contributed by atoms with E-state index in [0.717, 1.165) is 18.0 Å². The molecule has 0 saturated heterocycles. The highest BCUT2D eigenvalue weighted by Gasteiger charge is 2.19. The SMILES string of the molecule is COC(=O)c1cc(S(C)(=O)=O)ccc1Sc1nnnn1C. The summed E-state index contributed by atoms with van der Waals surface area (Å²) in [7, 11) is -0.529. The fourth-order valence-corrected chi connectivity index (χ4v) is 2.98. The van der Waals surface area contributed by atoms with Crippen molar-refractivity contribution >= 4 is 27.6 Å². The molecule has 0 aliphatic carbocycles. The van der Waals surface area contributed by atoms with Crippen LogP contribution < -0.4 is 0 Å². The number of ether oxygens (including phenoxy) is 1. The van der Waals surface area contributed by atoms with Crippen molar-refractivity contribution in [3.63, 3.8) is 0 Å². The largest absolute Gasteiger partial charge is 0.465 e. The van der Waals surface area contributed by atoms with Crippen LogP contribution in [0.1, 0.15) is 10.4 Å². The number of aromatic nitrogens is 4. The van der Waals surface area contributed by atoms with Crippen LogP contribution in [-0.2, 0) is 21.6 Å². The molecular weight excluding hydrogens is 316 g/mol. The predicted molar refractivity (Wildman–Crippen MR) is 73.8 cm³/mol. The van der Waals surface area contributed by atoms with Gasteiger partial charge in [-0.25, -0.2) is 17.9 Å². The molecule has 0 radical (unpaired) electrons. The molecule has 1 heterocycles. The maximum Gasteiger partial charge on any atom is 0.339 e. The van der Waals surface area contributed by atoms with Crippen LogP contribution in [0.15, 0.2) is 33.1 Å². The third-order valence-electron chi connectivity index (χ3n) is 2.57. The van der Waals surface area contributed by atoms with Crippen molar-refractivity contribution in [2.45, 2.75) is 14.9 Å². The van der Waals surface area contributed by atoms with Gasteiger partial charge in [0, 0.05) is 18.2 Å². The van der Waals surface area contributed by atoms with Gasteiger partial charge in [-0.1, -0.05) is 0 Å². The number of esters is 1. The van der Waals surface area contributed by atoms with Crippen LogP contribution in [0.25, 0.3) is 0 Å². The van der Waals surface area contributed by atoms with E-state index in [0.29, 0.717) is 10.1 Å². The van der Waals surface area contributed by atoms with Crippen molar-refractivity contribution in [2.24, 2.45) is 7.05 Å². The molecular formula is C11H12N4O4S2. The van der Waals surface area contributed by atoms with Gasteiger partial charge in [0.2, 0.25) is 5.16 Å². The number of sulfone groups is 1. The predicted octanol–water partition coefficient (Wildman–Crippen LogP) is 0.551. The zero-order valence-corrected chi connectivity index (χ0v) is 13.1. The molecule has 112 valence electrons. The Hall–Kier alpha value is -1.94. The van der Waals surface area contributed by atoms with Crippen LogP contribution >= 0.6 is 11.8 Å². The Kier molecular flexibility index (Phi) is 4.28. The van der Waals surface area contributed by atoms with Gasteiger partial charge in [-0.15, -0.1) is 5.10 Å². The Morgan fingerprint density at radius 3 is 2.62 bits per heavy atom. The maximum absolute atomic E-state index is 11.8. The summed E-state index contributed by atoms with van der Waals surface area (Å²) in [6.07, 6.45) is 1.07. The molecule has 0 aliphatic rings. The highest BCUT2D eigenvalue weighted by Crippen LogP contribution is 2.30. The van der Waals surface area contributed by atoms with E-state index in [2.05, 4.69) is 20.3 Å². The molecule has 0 atom stereocenters. The number of carbonyl (C=O) groups excluding carboxylic acids is 1. The van der Waals surface area contributed by atoms with Gasteiger partial charge in [-0.05, 0) is 40.4 Å². The molecule has 0 spiro atoms. The van der Waals surface area contributed by atoms with Gasteiger partial charge in [0.15, 0.2) is 9.84 Å². The standard InChI is InChI=1S/C11H12N4O4S2/c1-15-11(12-13-14-15)20-9-5-4-7(21(3,17)18)6-8(9)10(16)19-2/h4-6H,1-3H3. The maximum atomic E-state index is 11.8. The van der Waals surface area contributed by atoms with Gasteiger partial charge in [-0.2, -0.15) is 0 Å². The smallest absolute Gasteiger partial charge is 0.339 e. The zero-order valence-electron chi connectivity index (χ0n) is 11.5. The summed E-state index contributed by atoms with van der Waals surface area (Å²) in [6, 6.07) is 4.24. The van der Waals surface area contributed by atoms with Gasteiger partial charge >= 0.3 is 5.97 Å². The summed E-state index contributed by atoms with van der Waals surface area (Å²) in [5.74, 6) is -0.627. The summed E-state index contributed by atoms with van der Waals surface area (Å²) >= 11 is 1.14. The Balaban J connectivity index is 2.50. The lowest BCUT2D eigenvalue weighted by Crippen LogP contribution is -2.06. The van der Waals surface area contributed by atoms with Crippen LogP contribution in [0.5, 0.6) is 0 Å². The number of tetrazole rings is 1. The van der Waals surface area contributed by atoms with Crippen LogP contribution in [0.2, 0.25) is 0 Å². The molecule has 0 bridgehead atoms. The molecule has 8 nitrogen and oxygen atoms in total. The van der Waals surface area contributed by atoms with Gasteiger partial charge < -0.3 is 4.74 Å². The van der Waals surface area contributed by atoms with Crippen LogP contribution in [0, 0.1) is 0 Å². The summed E-state index contributed by atoms with van der Waals surface area (Å²) in [5, 5.41) is 11.5. The third-order valence-corrected chi connectivity index (χ3v) is 4.78. The van der Waals surface area contributed by atoms with Crippen molar-refractivity contribution in [1.29, 1.82) is 0 Å². The molecule has 0 unspecified atom stereocenters. The Bertz CT molecular complexity index is 785. The molecule has 2 rings (SSSR count). The van der Waals surface area contributed by atoms with E-state index in [9.17, 15) is 13.2 Å². The van der Waals surface area contributed by atoms with Crippen molar-refractivity contribution in [2.75, 3.05) is 13.4 Å². The van der Waals surface area contributed by atoms with E-state index in [1.807, 2.05) is 0 Å². The Morgan fingerprint density at radius 1 is 1.38 bits per heavy atom. The first-order valence-electron chi connectivity index (χ1n) is 5.65. The fraction of sp³-hybridized carbons (Fsp3) is 0.273. The normalized spacial score (nSPS) is 11.4. The molecule has 0 fully saturated rings. The van der Waals surface area contributed by atoms with Crippen molar-refractivity contribution in [3.05, 3.63) is 23.8 Å². The van der Waals surface area contributed by atoms with E-state index < -0.39 is 15.8 Å². The van der Waals surface area contributed by atoms with Gasteiger partial charge in [0.1, 0.15) is 0 Å². The van der Waals surface area contributed by atoms with Crippen molar-refractivity contribution in [1.82, 2.24) is 20.2 Å². The molecule has 2 aromatic rings. The lowest BCUT2D eigenvalue weighted by Gasteiger charge is -2.08. The van der Waals surface area contributed by atoms with Crippen molar-refractivity contribution < 1.29 is 17.9 Å². The number of aryl methyl sites for hydroxylation is 1. The van der Waals surface area contributed by atoms with Gasteiger partial charge in [0.05, 0.1) is 17.6 Å². The highest BCUT2D eigenvalue weighted by molar-refractivity contribution is 7.99.